The maximum absolute atomic E-state index is 13.9. The van der Waals surface area contributed by atoms with E-state index in [-0.39, 0.29) is 5.82 Å². The average molecular weight is 297 g/mol. The van der Waals surface area contributed by atoms with Gasteiger partial charge < -0.3 is 5.32 Å². The van der Waals surface area contributed by atoms with Crippen molar-refractivity contribution in [2.24, 2.45) is 0 Å². The average Bonchev–Trinajstić information content (AvgIpc) is 2.30. The van der Waals surface area contributed by atoms with E-state index in [0.717, 1.165) is 34.2 Å². The van der Waals surface area contributed by atoms with E-state index in [2.05, 4.69) is 26.2 Å². The lowest BCUT2D eigenvalue weighted by Crippen LogP contribution is -2.01. The fourth-order valence-electron chi connectivity index (χ4n) is 1.82. The van der Waals surface area contributed by atoms with Crippen molar-refractivity contribution >= 4 is 32.5 Å². The minimum Gasteiger partial charge on any atom is -0.385 e. The number of aromatic nitrogens is 1. The second-order valence-electron chi connectivity index (χ2n) is 3.83. The molecule has 90 valence electrons. The van der Waals surface area contributed by atoms with Crippen LogP contribution in [0, 0.1) is 5.82 Å². The number of anilines is 1. The maximum atomic E-state index is 13.9. The lowest BCUT2D eigenvalue weighted by Gasteiger charge is -2.11. The molecular weight excluding hydrogens is 283 g/mol. The van der Waals surface area contributed by atoms with Crippen molar-refractivity contribution in [3.05, 3.63) is 34.2 Å². The van der Waals surface area contributed by atoms with Gasteiger partial charge in [0.1, 0.15) is 5.52 Å². The Morgan fingerprint density at radius 1 is 1.29 bits per heavy atom. The van der Waals surface area contributed by atoms with Crippen LogP contribution in [0.4, 0.5) is 10.1 Å². The minimum atomic E-state index is -0.288. The number of fused-ring (bicyclic) bond motifs is 1. The van der Waals surface area contributed by atoms with Crippen molar-refractivity contribution < 1.29 is 4.39 Å². The Bertz CT molecular complexity index is 555. The van der Waals surface area contributed by atoms with E-state index >= 15 is 0 Å². The van der Waals surface area contributed by atoms with Crippen LogP contribution in [-0.2, 0) is 6.42 Å². The molecule has 0 atom stereocenters. The van der Waals surface area contributed by atoms with Crippen molar-refractivity contribution in [1.82, 2.24) is 4.98 Å². The smallest absolute Gasteiger partial charge is 0.150 e. The highest BCUT2D eigenvalue weighted by molar-refractivity contribution is 9.10. The maximum Gasteiger partial charge on any atom is 0.150 e. The molecular formula is C13H14BrFN2. The van der Waals surface area contributed by atoms with Crippen molar-refractivity contribution in [2.45, 2.75) is 20.3 Å². The molecule has 1 aromatic heterocycles. The number of rotatable bonds is 3. The van der Waals surface area contributed by atoms with Gasteiger partial charge in [-0.25, -0.2) is 9.37 Å². The number of aryl methyl sites for hydroxylation is 1. The van der Waals surface area contributed by atoms with Crippen LogP contribution in [0.1, 0.15) is 19.5 Å². The molecule has 4 heteroatoms. The summed E-state index contributed by atoms with van der Waals surface area (Å²) in [5.41, 5.74) is 2.27. The van der Waals surface area contributed by atoms with Crippen LogP contribution < -0.4 is 5.32 Å². The van der Waals surface area contributed by atoms with Gasteiger partial charge in [0.15, 0.2) is 5.82 Å². The third-order valence-corrected chi connectivity index (χ3v) is 3.07. The number of pyridine rings is 1. The second kappa shape index (κ2) is 5.00. The van der Waals surface area contributed by atoms with E-state index in [9.17, 15) is 4.39 Å². The van der Waals surface area contributed by atoms with Crippen LogP contribution in [0.3, 0.4) is 0 Å². The Morgan fingerprint density at radius 2 is 2.06 bits per heavy atom. The zero-order valence-electron chi connectivity index (χ0n) is 9.85. The number of nitrogens with one attached hydrogen (secondary N) is 1. The highest BCUT2D eigenvalue weighted by Crippen LogP contribution is 2.28. The van der Waals surface area contributed by atoms with E-state index in [1.54, 1.807) is 0 Å². The van der Waals surface area contributed by atoms with Crippen LogP contribution in [0.25, 0.3) is 10.9 Å². The summed E-state index contributed by atoms with van der Waals surface area (Å²) >= 11 is 3.31. The molecule has 0 amide bonds. The molecule has 0 unspecified atom stereocenters. The highest BCUT2D eigenvalue weighted by atomic mass is 79.9. The first-order valence-electron chi connectivity index (χ1n) is 5.68. The van der Waals surface area contributed by atoms with Crippen LogP contribution >= 0.6 is 15.9 Å². The lowest BCUT2D eigenvalue weighted by molar-refractivity contribution is 0.635. The van der Waals surface area contributed by atoms with Gasteiger partial charge in [-0.1, -0.05) is 22.9 Å². The zero-order valence-corrected chi connectivity index (χ0v) is 11.4. The van der Waals surface area contributed by atoms with Gasteiger partial charge in [-0.05, 0) is 31.5 Å². The summed E-state index contributed by atoms with van der Waals surface area (Å²) in [6.07, 6.45) is 0.795. The fraction of sp³-hybridized carbons (Fsp3) is 0.308. The SMILES string of the molecule is CCNc1cc(CC)nc2c(F)cc(Br)cc12. The van der Waals surface area contributed by atoms with E-state index in [0.29, 0.717) is 5.52 Å². The van der Waals surface area contributed by atoms with E-state index in [1.165, 1.54) is 6.07 Å². The van der Waals surface area contributed by atoms with Gasteiger partial charge in [0.25, 0.3) is 0 Å². The van der Waals surface area contributed by atoms with Gasteiger partial charge in [0.05, 0.1) is 0 Å². The summed E-state index contributed by atoms with van der Waals surface area (Å²) in [4.78, 5) is 4.34. The Hall–Kier alpha value is -1.16. The Labute approximate surface area is 108 Å². The summed E-state index contributed by atoms with van der Waals surface area (Å²) in [6.45, 7) is 4.84. The summed E-state index contributed by atoms with van der Waals surface area (Å²) in [6, 6.07) is 5.32. The number of benzene rings is 1. The summed E-state index contributed by atoms with van der Waals surface area (Å²) < 4.78 is 14.6. The summed E-state index contributed by atoms with van der Waals surface area (Å²) in [5.74, 6) is -0.288. The molecule has 0 saturated heterocycles. The Balaban J connectivity index is 2.76. The fourth-order valence-corrected chi connectivity index (χ4v) is 2.25. The summed E-state index contributed by atoms with van der Waals surface area (Å²) in [7, 11) is 0. The number of halogens is 2. The largest absolute Gasteiger partial charge is 0.385 e. The van der Waals surface area contributed by atoms with E-state index in [1.807, 2.05) is 26.0 Å². The van der Waals surface area contributed by atoms with Gasteiger partial charge >= 0.3 is 0 Å². The summed E-state index contributed by atoms with van der Waals surface area (Å²) in [5, 5.41) is 4.07. The number of hydrogen-bond donors (Lipinski definition) is 1. The van der Waals surface area contributed by atoms with Crippen LogP contribution in [0.5, 0.6) is 0 Å². The molecule has 1 heterocycles. The topological polar surface area (TPSA) is 24.9 Å². The first kappa shape index (κ1) is 12.3. The van der Waals surface area contributed by atoms with Gasteiger partial charge in [0.2, 0.25) is 0 Å². The van der Waals surface area contributed by atoms with Crippen molar-refractivity contribution in [1.29, 1.82) is 0 Å². The first-order chi connectivity index (χ1) is 8.15. The molecule has 2 rings (SSSR count). The Morgan fingerprint density at radius 3 is 2.71 bits per heavy atom. The van der Waals surface area contributed by atoms with Gasteiger partial charge in [-0.15, -0.1) is 0 Å². The van der Waals surface area contributed by atoms with Crippen LogP contribution in [0.15, 0.2) is 22.7 Å². The van der Waals surface area contributed by atoms with Gasteiger partial charge in [-0.2, -0.15) is 0 Å². The molecule has 1 aromatic carbocycles. The molecule has 2 nitrogen and oxygen atoms in total. The monoisotopic (exact) mass is 296 g/mol. The molecule has 0 saturated carbocycles. The standard InChI is InChI=1S/C13H14BrFN2/c1-3-9-7-12(16-4-2)10-5-8(14)6-11(15)13(10)17-9/h5-7H,3-4H2,1-2H3,(H,16,17). The zero-order chi connectivity index (χ0) is 12.4. The number of nitrogens with zero attached hydrogens (tertiary/aromatic N) is 1. The predicted molar refractivity (Wildman–Crippen MR) is 72.9 cm³/mol. The van der Waals surface area contributed by atoms with Gasteiger partial charge in [-0.3, -0.25) is 0 Å². The van der Waals surface area contributed by atoms with Crippen molar-refractivity contribution in [3.8, 4) is 0 Å². The van der Waals surface area contributed by atoms with Crippen LogP contribution in [0.2, 0.25) is 0 Å². The molecule has 0 radical (unpaired) electrons. The van der Waals surface area contributed by atoms with Crippen molar-refractivity contribution in [2.75, 3.05) is 11.9 Å². The highest BCUT2D eigenvalue weighted by Gasteiger charge is 2.10. The molecule has 0 spiro atoms. The van der Waals surface area contributed by atoms with E-state index < -0.39 is 0 Å². The van der Waals surface area contributed by atoms with Gasteiger partial charge in [0, 0.05) is 27.8 Å². The molecule has 0 aliphatic carbocycles. The molecule has 0 fully saturated rings. The third kappa shape index (κ3) is 2.41. The molecule has 0 aliphatic heterocycles. The molecule has 2 aromatic rings. The molecule has 0 bridgehead atoms. The van der Waals surface area contributed by atoms with Crippen molar-refractivity contribution in [3.63, 3.8) is 0 Å². The second-order valence-corrected chi connectivity index (χ2v) is 4.74. The lowest BCUT2D eigenvalue weighted by atomic mass is 10.1. The normalized spacial score (nSPS) is 10.8. The molecule has 17 heavy (non-hydrogen) atoms. The third-order valence-electron chi connectivity index (χ3n) is 2.61. The quantitative estimate of drug-likeness (QED) is 0.921. The number of hydrogen-bond acceptors (Lipinski definition) is 2. The molecule has 1 N–H and O–H groups in total. The van der Waals surface area contributed by atoms with E-state index in [4.69, 9.17) is 0 Å². The predicted octanol–water partition coefficient (Wildman–Crippen LogP) is 4.13. The minimum absolute atomic E-state index is 0.288. The molecule has 0 aliphatic rings. The first-order valence-corrected chi connectivity index (χ1v) is 6.47. The van der Waals surface area contributed by atoms with Crippen LogP contribution in [-0.4, -0.2) is 11.5 Å². The Kier molecular flexibility index (Phi) is 3.62.